The van der Waals surface area contributed by atoms with E-state index in [1.165, 1.54) is 0 Å². The Balaban J connectivity index is -0.000000158. The van der Waals surface area contributed by atoms with Gasteiger partial charge in [-0.3, -0.25) is 9.11 Å². The molecule has 1 unspecified atom stereocenters. The zero-order chi connectivity index (χ0) is 15.6. The molecule has 1 atom stereocenters. The van der Waals surface area contributed by atoms with Crippen LogP contribution in [0.2, 0.25) is 0 Å². The molecule has 20 heavy (non-hydrogen) atoms. The molecule has 0 rings (SSSR count). The number of hydrogen-bond donors (Lipinski definition) is 4. The highest BCUT2D eigenvalue weighted by Crippen LogP contribution is 2.48. The predicted molar refractivity (Wildman–Crippen MR) is 50.7 cm³/mol. The first-order valence-corrected chi connectivity index (χ1v) is 5.00. The number of halogens is 8. The van der Waals surface area contributed by atoms with Gasteiger partial charge in [0.1, 0.15) is 0 Å². The van der Waals surface area contributed by atoms with Crippen molar-refractivity contribution in [2.24, 2.45) is 0 Å². The smallest absolute Gasteiger partial charge is 0.344 e. The fraction of sp³-hybridized carbons (Fsp3) is 1.00. The fourth-order valence-electron chi connectivity index (χ4n) is 0.439. The Morgan fingerprint density at radius 1 is 0.900 bits per heavy atom. The first-order chi connectivity index (χ1) is 7.44. The number of hydrogen-bond acceptors (Lipinski definition) is 4. The van der Waals surface area contributed by atoms with Gasteiger partial charge in [-0.2, -0.15) is 39.2 Å². The molecule has 0 aliphatic heterocycles. The molecule has 0 aliphatic rings. The van der Waals surface area contributed by atoms with Crippen molar-refractivity contribution in [3.63, 3.8) is 0 Å². The summed E-state index contributed by atoms with van der Waals surface area (Å²) in [6, 6.07) is 0. The summed E-state index contributed by atoms with van der Waals surface area (Å²) in [6.07, 6.45) is -10.0. The van der Waals surface area contributed by atoms with Crippen LogP contribution >= 0.6 is 0 Å². The summed E-state index contributed by atoms with van der Waals surface area (Å²) < 4.78 is 125. The van der Waals surface area contributed by atoms with Crippen LogP contribution in [0.4, 0.5) is 35.1 Å². The maximum atomic E-state index is 12.0. The van der Waals surface area contributed by atoms with Crippen molar-refractivity contribution in [1.29, 1.82) is 0 Å². The quantitative estimate of drug-likeness (QED) is 0.446. The standard InChI is InChI=1S/C5H4F8.2H3N.H2O4S/c1-2(6)3(7,8)4(9,10)5(11,12)13;;;1-5(2,3)4/h2H,1H3;2*1H3;(H2,1,2,3,4). The number of rotatable bonds is 2. The van der Waals surface area contributed by atoms with E-state index in [2.05, 4.69) is 0 Å². The Labute approximate surface area is 107 Å². The SMILES string of the molecule is CC(F)C(F)(F)C(F)(F)C(F)(F)F.N.N.O=S(=O)(O)O. The molecule has 0 spiro atoms. The highest BCUT2D eigenvalue weighted by molar-refractivity contribution is 7.79. The van der Waals surface area contributed by atoms with E-state index in [-0.39, 0.29) is 19.2 Å². The van der Waals surface area contributed by atoms with Crippen LogP contribution in [0.25, 0.3) is 0 Å². The van der Waals surface area contributed by atoms with Gasteiger partial charge in [-0.25, -0.2) is 4.39 Å². The maximum Gasteiger partial charge on any atom is 0.459 e. The summed E-state index contributed by atoms with van der Waals surface area (Å²) in [4.78, 5) is 0. The topological polar surface area (TPSA) is 145 Å². The van der Waals surface area contributed by atoms with Gasteiger partial charge in [0.15, 0.2) is 6.17 Å². The molecule has 0 radical (unpaired) electrons. The first kappa shape index (κ1) is 27.6. The van der Waals surface area contributed by atoms with E-state index >= 15 is 0 Å². The van der Waals surface area contributed by atoms with Crippen molar-refractivity contribution >= 4 is 10.4 Å². The van der Waals surface area contributed by atoms with E-state index in [4.69, 9.17) is 17.5 Å². The van der Waals surface area contributed by atoms with Gasteiger partial charge >= 0.3 is 28.4 Å². The fourth-order valence-corrected chi connectivity index (χ4v) is 0.439. The van der Waals surface area contributed by atoms with Gasteiger partial charge < -0.3 is 12.3 Å². The van der Waals surface area contributed by atoms with Gasteiger partial charge in [0.25, 0.3) is 0 Å². The Hall–Kier alpha value is -0.770. The summed E-state index contributed by atoms with van der Waals surface area (Å²) in [7, 11) is -4.67. The Morgan fingerprint density at radius 3 is 1.15 bits per heavy atom. The van der Waals surface area contributed by atoms with E-state index in [0.29, 0.717) is 0 Å². The second-order valence-electron chi connectivity index (χ2n) is 2.76. The molecule has 15 heteroatoms. The van der Waals surface area contributed by atoms with Crippen LogP contribution in [0.1, 0.15) is 6.92 Å². The molecule has 0 aromatic carbocycles. The lowest BCUT2D eigenvalue weighted by Crippen LogP contribution is -2.55. The van der Waals surface area contributed by atoms with Gasteiger partial charge in [-0.15, -0.1) is 0 Å². The third-order valence-corrected chi connectivity index (χ3v) is 1.27. The monoisotopic (exact) mass is 348 g/mol. The second kappa shape index (κ2) is 7.87. The predicted octanol–water partition coefficient (Wildman–Crippen LogP) is 2.85. The Bertz CT molecular complexity index is 360. The lowest BCUT2D eigenvalue weighted by atomic mass is 10.1. The normalized spacial score (nSPS) is 14.2. The summed E-state index contributed by atoms with van der Waals surface area (Å²) in [5.74, 6) is -12.1. The van der Waals surface area contributed by atoms with E-state index in [1.54, 1.807) is 0 Å². The third-order valence-electron chi connectivity index (χ3n) is 1.27. The summed E-state index contributed by atoms with van der Waals surface area (Å²) in [5, 5.41) is 0. The van der Waals surface area contributed by atoms with Crippen LogP contribution in [-0.2, 0) is 10.4 Å². The summed E-state index contributed by atoms with van der Waals surface area (Å²) in [5.41, 5.74) is 0. The van der Waals surface area contributed by atoms with Crippen molar-refractivity contribution in [2.75, 3.05) is 0 Å². The first-order valence-electron chi connectivity index (χ1n) is 3.61. The van der Waals surface area contributed by atoms with Crippen molar-refractivity contribution < 1.29 is 52.6 Å². The molecule has 0 aliphatic carbocycles. The van der Waals surface area contributed by atoms with Crippen LogP contribution < -0.4 is 12.3 Å². The summed E-state index contributed by atoms with van der Waals surface area (Å²) >= 11 is 0. The minimum Gasteiger partial charge on any atom is -0.344 e. The Morgan fingerprint density at radius 2 is 1.10 bits per heavy atom. The van der Waals surface area contributed by atoms with Crippen molar-refractivity contribution in [1.82, 2.24) is 12.3 Å². The lowest BCUT2D eigenvalue weighted by molar-refractivity contribution is -0.364. The van der Waals surface area contributed by atoms with E-state index in [1.807, 2.05) is 0 Å². The van der Waals surface area contributed by atoms with Crippen molar-refractivity contribution in [3.05, 3.63) is 0 Å². The average Bonchev–Trinajstić information content (AvgIpc) is 1.97. The van der Waals surface area contributed by atoms with Crippen LogP contribution in [0.15, 0.2) is 0 Å². The molecule has 0 saturated carbocycles. The molecule has 0 heterocycles. The van der Waals surface area contributed by atoms with Crippen LogP contribution in [0.3, 0.4) is 0 Å². The zero-order valence-corrected chi connectivity index (χ0v) is 10.5. The molecule has 0 aromatic rings. The molecule has 0 bridgehead atoms. The average molecular weight is 348 g/mol. The van der Waals surface area contributed by atoms with Crippen molar-refractivity contribution in [2.45, 2.75) is 31.1 Å². The maximum absolute atomic E-state index is 12.0. The molecule has 0 saturated heterocycles. The van der Waals surface area contributed by atoms with E-state index in [0.717, 1.165) is 0 Å². The molecule has 8 N–H and O–H groups in total. The third kappa shape index (κ3) is 8.41. The molecule has 0 amide bonds. The second-order valence-corrected chi connectivity index (χ2v) is 3.65. The molecule has 0 aromatic heterocycles. The zero-order valence-electron chi connectivity index (χ0n) is 9.63. The molecule has 128 valence electrons. The van der Waals surface area contributed by atoms with E-state index in [9.17, 15) is 35.1 Å². The molecular formula is C5H12F8N2O4S. The minimum absolute atomic E-state index is 0. The van der Waals surface area contributed by atoms with Gasteiger partial charge in [-0.05, 0) is 6.92 Å². The van der Waals surface area contributed by atoms with Gasteiger partial charge in [0.2, 0.25) is 0 Å². The highest BCUT2D eigenvalue weighted by atomic mass is 32.3. The van der Waals surface area contributed by atoms with E-state index < -0.39 is 34.6 Å². The van der Waals surface area contributed by atoms with Crippen LogP contribution in [0.5, 0.6) is 0 Å². The lowest BCUT2D eigenvalue weighted by Gasteiger charge is -2.28. The van der Waals surface area contributed by atoms with Crippen LogP contribution in [-0.4, -0.2) is 41.7 Å². The largest absolute Gasteiger partial charge is 0.459 e. The van der Waals surface area contributed by atoms with Gasteiger partial charge in [0.05, 0.1) is 0 Å². The summed E-state index contributed by atoms with van der Waals surface area (Å²) in [6.45, 7) is -0.0698. The van der Waals surface area contributed by atoms with Crippen molar-refractivity contribution in [3.8, 4) is 0 Å². The highest BCUT2D eigenvalue weighted by Gasteiger charge is 2.75. The Kier molecular flexibility index (Phi) is 10.8. The minimum atomic E-state index is -6.46. The van der Waals surface area contributed by atoms with Gasteiger partial charge in [-0.1, -0.05) is 0 Å². The molecular weight excluding hydrogens is 336 g/mol. The van der Waals surface area contributed by atoms with Crippen LogP contribution in [0, 0.1) is 0 Å². The molecule has 0 fully saturated rings. The molecule has 6 nitrogen and oxygen atoms in total. The number of alkyl halides is 8. The van der Waals surface area contributed by atoms with Gasteiger partial charge in [0, 0.05) is 0 Å².